The molecule has 9 heteroatoms. The number of hydrogen-bond donors (Lipinski definition) is 1. The van der Waals surface area contributed by atoms with Gasteiger partial charge in [-0.1, -0.05) is 24.3 Å². The van der Waals surface area contributed by atoms with Crippen molar-refractivity contribution in [3.05, 3.63) is 64.2 Å². The van der Waals surface area contributed by atoms with Gasteiger partial charge in [-0.15, -0.1) is 0 Å². The molecule has 2 aromatic carbocycles. The Morgan fingerprint density at radius 1 is 1.25 bits per heavy atom. The molecule has 0 spiro atoms. The Kier molecular flexibility index (Phi) is 5.66. The minimum Gasteiger partial charge on any atom is -0.493 e. The smallest absolute Gasteiger partial charge is 0.270 e. The quantitative estimate of drug-likeness (QED) is 0.586. The van der Waals surface area contributed by atoms with E-state index in [1.165, 1.54) is 12.1 Å². The molecule has 3 rings (SSSR count). The predicted molar refractivity (Wildman–Crippen MR) is 107 cm³/mol. The molecule has 0 saturated heterocycles. The lowest BCUT2D eigenvalue weighted by atomic mass is 9.98. The Bertz CT molecular complexity index is 1030. The van der Waals surface area contributed by atoms with Crippen LogP contribution < -0.4 is 14.8 Å². The second-order valence-corrected chi connectivity index (χ2v) is 7.84. The molecule has 28 heavy (non-hydrogen) atoms. The van der Waals surface area contributed by atoms with E-state index in [1.807, 2.05) is 42.2 Å². The monoisotopic (exact) mass is 403 g/mol. The number of primary sulfonamides is 1. The average molecular weight is 403 g/mol. The molecule has 2 N–H and O–H groups in total. The third-order valence-corrected chi connectivity index (χ3v) is 5.48. The number of anilines is 1. The van der Waals surface area contributed by atoms with Crippen molar-refractivity contribution in [2.75, 3.05) is 24.6 Å². The highest BCUT2D eigenvalue weighted by Gasteiger charge is 2.24. The predicted octanol–water partition coefficient (Wildman–Crippen LogP) is 2.93. The van der Waals surface area contributed by atoms with Crippen LogP contribution in [0.5, 0.6) is 5.75 Å². The zero-order valence-electron chi connectivity index (χ0n) is 15.4. The summed E-state index contributed by atoms with van der Waals surface area (Å²) in [6.45, 7) is 3.50. The van der Waals surface area contributed by atoms with Crippen LogP contribution in [0.3, 0.4) is 0 Å². The topological polar surface area (TPSA) is 116 Å². The SMILES string of the molecule is CCOc1ccccc1C1=CCN(c2ccc([N+](=O)[O-])cc2S(N)(=O)=O)CC1. The van der Waals surface area contributed by atoms with Gasteiger partial charge in [0.15, 0.2) is 0 Å². The number of nitrogens with zero attached hydrogens (tertiary/aromatic N) is 2. The number of rotatable bonds is 6. The van der Waals surface area contributed by atoms with E-state index in [-0.39, 0.29) is 10.6 Å². The Morgan fingerprint density at radius 3 is 2.61 bits per heavy atom. The fourth-order valence-electron chi connectivity index (χ4n) is 3.25. The molecule has 1 heterocycles. The molecule has 0 bridgehead atoms. The van der Waals surface area contributed by atoms with Gasteiger partial charge in [0.1, 0.15) is 10.6 Å². The fourth-order valence-corrected chi connectivity index (χ4v) is 4.03. The van der Waals surface area contributed by atoms with Crippen LogP contribution in [-0.2, 0) is 10.0 Å². The zero-order valence-corrected chi connectivity index (χ0v) is 16.2. The normalized spacial score (nSPS) is 14.5. The van der Waals surface area contributed by atoms with Crippen LogP contribution in [0.2, 0.25) is 0 Å². The van der Waals surface area contributed by atoms with Gasteiger partial charge in [0.05, 0.1) is 17.2 Å². The number of para-hydroxylation sites is 1. The number of non-ortho nitro benzene ring substituents is 1. The second kappa shape index (κ2) is 7.99. The van der Waals surface area contributed by atoms with Gasteiger partial charge < -0.3 is 9.64 Å². The van der Waals surface area contributed by atoms with Crippen molar-refractivity contribution in [3.63, 3.8) is 0 Å². The lowest BCUT2D eigenvalue weighted by Gasteiger charge is -2.30. The van der Waals surface area contributed by atoms with Crippen molar-refractivity contribution in [2.45, 2.75) is 18.2 Å². The first-order valence-electron chi connectivity index (χ1n) is 8.78. The highest BCUT2D eigenvalue weighted by atomic mass is 32.2. The number of hydrogen-bond acceptors (Lipinski definition) is 6. The van der Waals surface area contributed by atoms with Crippen molar-refractivity contribution in [3.8, 4) is 5.75 Å². The minimum atomic E-state index is -4.11. The van der Waals surface area contributed by atoms with Gasteiger partial charge >= 0.3 is 0 Å². The number of nitro benzene ring substituents is 1. The van der Waals surface area contributed by atoms with Crippen LogP contribution in [0, 0.1) is 10.1 Å². The maximum atomic E-state index is 12.0. The third-order valence-electron chi connectivity index (χ3n) is 4.54. The molecule has 0 fully saturated rings. The van der Waals surface area contributed by atoms with Gasteiger partial charge in [-0.2, -0.15) is 0 Å². The van der Waals surface area contributed by atoms with Crippen molar-refractivity contribution >= 4 is 27.0 Å². The molecular weight excluding hydrogens is 382 g/mol. The fraction of sp³-hybridized carbons (Fsp3) is 0.263. The number of nitro groups is 1. The van der Waals surface area contributed by atoms with Gasteiger partial charge in [-0.05, 0) is 31.1 Å². The van der Waals surface area contributed by atoms with Crippen molar-refractivity contribution < 1.29 is 18.1 Å². The maximum Gasteiger partial charge on any atom is 0.270 e. The first-order chi connectivity index (χ1) is 13.3. The molecule has 0 aliphatic carbocycles. The Morgan fingerprint density at radius 2 is 2.00 bits per heavy atom. The number of ether oxygens (including phenoxy) is 1. The summed E-state index contributed by atoms with van der Waals surface area (Å²) in [5.74, 6) is 0.810. The van der Waals surface area contributed by atoms with E-state index >= 15 is 0 Å². The summed E-state index contributed by atoms with van der Waals surface area (Å²) in [6, 6.07) is 11.5. The van der Waals surface area contributed by atoms with Crippen LogP contribution in [-0.4, -0.2) is 33.0 Å². The number of benzene rings is 2. The molecule has 0 amide bonds. The van der Waals surface area contributed by atoms with Gasteiger partial charge in [0, 0.05) is 30.8 Å². The first kappa shape index (κ1) is 19.8. The van der Waals surface area contributed by atoms with E-state index in [0.717, 1.165) is 23.0 Å². The summed E-state index contributed by atoms with van der Waals surface area (Å²) >= 11 is 0. The number of sulfonamides is 1. The van der Waals surface area contributed by atoms with E-state index < -0.39 is 14.9 Å². The third kappa shape index (κ3) is 4.15. The molecular formula is C19H21N3O5S. The molecule has 2 aromatic rings. The number of nitrogens with two attached hydrogens (primary N) is 1. The Labute approximate surface area is 163 Å². The summed E-state index contributed by atoms with van der Waals surface area (Å²) in [6.07, 6.45) is 2.68. The maximum absolute atomic E-state index is 12.0. The Balaban J connectivity index is 1.92. The second-order valence-electron chi connectivity index (χ2n) is 6.31. The summed E-state index contributed by atoms with van der Waals surface area (Å²) < 4.78 is 29.6. The van der Waals surface area contributed by atoms with Crippen LogP contribution in [0.15, 0.2) is 53.4 Å². The molecule has 0 atom stereocenters. The van der Waals surface area contributed by atoms with Crippen LogP contribution in [0.25, 0.3) is 5.57 Å². The molecule has 0 unspecified atom stereocenters. The minimum absolute atomic E-state index is 0.242. The van der Waals surface area contributed by atoms with Gasteiger partial charge in [-0.3, -0.25) is 10.1 Å². The summed E-state index contributed by atoms with van der Waals surface area (Å²) in [5.41, 5.74) is 2.17. The summed E-state index contributed by atoms with van der Waals surface area (Å²) in [7, 11) is -4.11. The van der Waals surface area contributed by atoms with E-state index in [1.54, 1.807) is 0 Å². The van der Waals surface area contributed by atoms with Crippen LogP contribution in [0.1, 0.15) is 18.9 Å². The van der Waals surface area contributed by atoms with Gasteiger partial charge in [0.2, 0.25) is 10.0 Å². The molecule has 8 nitrogen and oxygen atoms in total. The first-order valence-corrected chi connectivity index (χ1v) is 10.3. The van der Waals surface area contributed by atoms with Crippen LogP contribution >= 0.6 is 0 Å². The molecule has 0 aromatic heterocycles. The summed E-state index contributed by atoms with van der Waals surface area (Å²) in [5, 5.41) is 16.3. The lowest BCUT2D eigenvalue weighted by molar-refractivity contribution is -0.385. The molecule has 0 saturated carbocycles. The van der Waals surface area contributed by atoms with Gasteiger partial charge in [0.25, 0.3) is 5.69 Å². The molecule has 1 aliphatic heterocycles. The van der Waals surface area contributed by atoms with E-state index in [9.17, 15) is 18.5 Å². The average Bonchev–Trinajstić information content (AvgIpc) is 2.68. The molecule has 0 radical (unpaired) electrons. The van der Waals surface area contributed by atoms with Crippen molar-refractivity contribution in [2.24, 2.45) is 5.14 Å². The Hall–Kier alpha value is -2.91. The standard InChI is InChI=1S/C19H21N3O5S/c1-2-27-18-6-4-3-5-16(18)14-9-11-21(12-10-14)17-8-7-15(22(23)24)13-19(17)28(20,25)26/h3-9,13H,2,10-12H2,1H3,(H2,20,25,26). The van der Waals surface area contributed by atoms with E-state index in [0.29, 0.717) is 31.8 Å². The zero-order chi connectivity index (χ0) is 20.3. The van der Waals surface area contributed by atoms with Crippen LogP contribution in [0.4, 0.5) is 11.4 Å². The summed E-state index contributed by atoms with van der Waals surface area (Å²) in [4.78, 5) is 11.9. The largest absolute Gasteiger partial charge is 0.493 e. The van der Waals surface area contributed by atoms with Gasteiger partial charge in [-0.25, -0.2) is 13.6 Å². The lowest BCUT2D eigenvalue weighted by Crippen LogP contribution is -2.30. The molecule has 1 aliphatic rings. The van der Waals surface area contributed by atoms with E-state index in [4.69, 9.17) is 9.88 Å². The highest BCUT2D eigenvalue weighted by Crippen LogP contribution is 2.34. The highest BCUT2D eigenvalue weighted by molar-refractivity contribution is 7.89. The van der Waals surface area contributed by atoms with Crippen molar-refractivity contribution in [1.29, 1.82) is 0 Å². The molecule has 148 valence electrons. The van der Waals surface area contributed by atoms with Crippen molar-refractivity contribution in [1.82, 2.24) is 0 Å². The van der Waals surface area contributed by atoms with E-state index in [2.05, 4.69) is 0 Å².